The molecule has 0 saturated carbocycles. The maximum atomic E-state index is 12.8. The molecule has 0 bridgehead atoms. The molecule has 0 aliphatic rings. The summed E-state index contributed by atoms with van der Waals surface area (Å²) in [5.41, 5.74) is -0.528. The van der Waals surface area contributed by atoms with E-state index in [4.69, 9.17) is 21.1 Å². The molecule has 0 heterocycles. The molecule has 2 atom stereocenters. The van der Waals surface area contributed by atoms with Crippen molar-refractivity contribution in [3.8, 4) is 0 Å². The first-order chi connectivity index (χ1) is 10.6. The van der Waals surface area contributed by atoms with Crippen LogP contribution in [-0.2, 0) is 19.1 Å². The van der Waals surface area contributed by atoms with Crippen LogP contribution in [0.15, 0.2) is 24.3 Å². The van der Waals surface area contributed by atoms with Crippen molar-refractivity contribution in [3.63, 3.8) is 0 Å². The predicted molar refractivity (Wildman–Crippen MR) is 90.4 cm³/mol. The highest BCUT2D eigenvalue weighted by Crippen LogP contribution is 2.34. The Morgan fingerprint density at radius 1 is 0.957 bits per heavy atom. The standard InChI is InChI=1S/C16H21ClO5Si/c1-21-15(19)12(14(16(20)22-2)23(3,4)5)13(18)10-6-8-11(17)9-7-10/h6-9,12,14H,1-5H3. The van der Waals surface area contributed by atoms with Crippen LogP contribution in [0.25, 0.3) is 0 Å². The molecule has 0 aromatic heterocycles. The van der Waals surface area contributed by atoms with Crippen LogP contribution in [0.5, 0.6) is 0 Å². The minimum absolute atomic E-state index is 0.303. The lowest BCUT2D eigenvalue weighted by molar-refractivity contribution is -0.150. The normalized spacial score (nSPS) is 13.8. The van der Waals surface area contributed by atoms with Crippen molar-refractivity contribution in [2.75, 3.05) is 14.2 Å². The zero-order valence-corrected chi connectivity index (χ0v) is 15.6. The molecule has 23 heavy (non-hydrogen) atoms. The maximum absolute atomic E-state index is 12.8. The predicted octanol–water partition coefficient (Wildman–Crippen LogP) is 3.19. The number of methoxy groups -OCH3 is 2. The molecule has 7 heteroatoms. The molecule has 1 rings (SSSR count). The van der Waals surface area contributed by atoms with E-state index in [0.29, 0.717) is 10.6 Å². The zero-order valence-electron chi connectivity index (χ0n) is 13.9. The van der Waals surface area contributed by atoms with Gasteiger partial charge in [0.15, 0.2) is 5.78 Å². The number of benzene rings is 1. The van der Waals surface area contributed by atoms with Gasteiger partial charge in [-0.1, -0.05) is 31.2 Å². The molecule has 0 N–H and O–H groups in total. The summed E-state index contributed by atoms with van der Waals surface area (Å²) in [6, 6.07) is 6.17. The number of carbonyl (C=O) groups excluding carboxylic acids is 3. The third-order valence-electron chi connectivity index (χ3n) is 3.59. The van der Waals surface area contributed by atoms with E-state index in [0.717, 1.165) is 0 Å². The van der Waals surface area contributed by atoms with Crippen LogP contribution >= 0.6 is 11.6 Å². The van der Waals surface area contributed by atoms with Crippen molar-refractivity contribution in [2.45, 2.75) is 25.2 Å². The number of hydrogen-bond acceptors (Lipinski definition) is 5. The lowest BCUT2D eigenvalue weighted by atomic mass is 9.94. The molecule has 0 saturated heterocycles. The summed E-state index contributed by atoms with van der Waals surface area (Å²) in [6.45, 7) is 5.71. The number of hydrogen-bond donors (Lipinski definition) is 0. The highest BCUT2D eigenvalue weighted by Gasteiger charge is 2.48. The fourth-order valence-electron chi connectivity index (χ4n) is 2.43. The minimum Gasteiger partial charge on any atom is -0.469 e. The molecule has 1 aromatic carbocycles. The molecular formula is C16H21ClO5Si. The van der Waals surface area contributed by atoms with Gasteiger partial charge in [-0.3, -0.25) is 14.4 Å². The molecular weight excluding hydrogens is 336 g/mol. The zero-order chi connectivity index (χ0) is 17.8. The van der Waals surface area contributed by atoms with Gasteiger partial charge in [0, 0.05) is 10.6 Å². The van der Waals surface area contributed by atoms with Crippen LogP contribution in [0.2, 0.25) is 30.2 Å². The minimum atomic E-state index is -2.24. The van der Waals surface area contributed by atoms with Gasteiger partial charge in [0.1, 0.15) is 5.92 Å². The Morgan fingerprint density at radius 3 is 1.83 bits per heavy atom. The van der Waals surface area contributed by atoms with E-state index in [1.54, 1.807) is 12.1 Å². The molecule has 0 spiro atoms. The van der Waals surface area contributed by atoms with Gasteiger partial charge in [0.25, 0.3) is 0 Å². The smallest absolute Gasteiger partial charge is 0.317 e. The number of halogens is 1. The van der Waals surface area contributed by atoms with Crippen LogP contribution in [0, 0.1) is 5.92 Å². The van der Waals surface area contributed by atoms with Crippen molar-refractivity contribution in [1.82, 2.24) is 0 Å². The highest BCUT2D eigenvalue weighted by molar-refractivity contribution is 6.81. The summed E-state index contributed by atoms with van der Waals surface area (Å²) in [5.74, 6) is -2.99. The van der Waals surface area contributed by atoms with E-state index in [1.807, 2.05) is 19.6 Å². The topological polar surface area (TPSA) is 69.7 Å². The molecule has 1 aromatic rings. The Balaban J connectivity index is 3.37. The quantitative estimate of drug-likeness (QED) is 0.339. The number of rotatable bonds is 6. The first-order valence-corrected chi connectivity index (χ1v) is 11.0. The van der Waals surface area contributed by atoms with E-state index in [-0.39, 0.29) is 0 Å². The highest BCUT2D eigenvalue weighted by atomic mass is 35.5. The van der Waals surface area contributed by atoms with Gasteiger partial charge in [0.2, 0.25) is 0 Å². The van der Waals surface area contributed by atoms with E-state index >= 15 is 0 Å². The average molecular weight is 357 g/mol. The van der Waals surface area contributed by atoms with Gasteiger partial charge in [-0.05, 0) is 24.3 Å². The van der Waals surface area contributed by atoms with Crippen molar-refractivity contribution in [2.24, 2.45) is 5.92 Å². The Labute approximate surface area is 141 Å². The fourth-order valence-corrected chi connectivity index (χ4v) is 4.67. The van der Waals surface area contributed by atoms with Gasteiger partial charge in [-0.2, -0.15) is 0 Å². The van der Waals surface area contributed by atoms with Crippen LogP contribution in [-0.4, -0.2) is 40.0 Å². The van der Waals surface area contributed by atoms with E-state index in [2.05, 4.69) is 0 Å². The summed E-state index contributed by atoms with van der Waals surface area (Å²) < 4.78 is 9.61. The van der Waals surface area contributed by atoms with Crippen molar-refractivity contribution in [1.29, 1.82) is 0 Å². The second-order valence-electron chi connectivity index (χ2n) is 6.24. The van der Waals surface area contributed by atoms with E-state index < -0.39 is 37.3 Å². The van der Waals surface area contributed by atoms with Crippen LogP contribution < -0.4 is 0 Å². The first-order valence-electron chi connectivity index (χ1n) is 7.09. The van der Waals surface area contributed by atoms with Crippen LogP contribution in [0.4, 0.5) is 0 Å². The Bertz CT molecular complexity index is 591. The Kier molecular flexibility index (Phi) is 6.53. The molecule has 5 nitrogen and oxygen atoms in total. The number of ether oxygens (including phenoxy) is 2. The lowest BCUT2D eigenvalue weighted by Crippen LogP contribution is -2.45. The van der Waals surface area contributed by atoms with Crippen molar-refractivity contribution in [3.05, 3.63) is 34.9 Å². The molecule has 0 radical (unpaired) electrons. The van der Waals surface area contributed by atoms with Gasteiger partial charge >= 0.3 is 11.9 Å². The number of carbonyl (C=O) groups is 3. The van der Waals surface area contributed by atoms with Crippen LogP contribution in [0.3, 0.4) is 0 Å². The summed E-state index contributed by atoms with van der Waals surface area (Å²) in [5, 5.41) is 0.478. The average Bonchev–Trinajstić information content (AvgIpc) is 2.50. The number of Topliss-reactive ketones (excluding diaryl/α,β-unsaturated/α-hetero) is 1. The molecule has 126 valence electrons. The van der Waals surface area contributed by atoms with Gasteiger partial charge in [-0.15, -0.1) is 0 Å². The van der Waals surface area contributed by atoms with Gasteiger partial charge in [0.05, 0.1) is 27.8 Å². The summed E-state index contributed by atoms with van der Waals surface area (Å²) in [6.07, 6.45) is 0. The molecule has 2 unspecified atom stereocenters. The molecule has 0 amide bonds. The van der Waals surface area contributed by atoms with E-state index in [9.17, 15) is 14.4 Å². The second kappa shape index (κ2) is 7.74. The van der Waals surface area contributed by atoms with E-state index in [1.165, 1.54) is 26.4 Å². The fraction of sp³-hybridized carbons (Fsp3) is 0.438. The Morgan fingerprint density at radius 2 is 1.43 bits per heavy atom. The third-order valence-corrected chi connectivity index (χ3v) is 6.27. The number of esters is 2. The molecule has 0 aliphatic carbocycles. The van der Waals surface area contributed by atoms with Gasteiger partial charge in [-0.25, -0.2) is 0 Å². The van der Waals surface area contributed by atoms with Gasteiger partial charge < -0.3 is 9.47 Å². The first kappa shape index (κ1) is 19.4. The number of ketones is 1. The monoisotopic (exact) mass is 356 g/mol. The second-order valence-corrected chi connectivity index (χ2v) is 12.0. The van der Waals surface area contributed by atoms with Crippen molar-refractivity contribution < 1.29 is 23.9 Å². The van der Waals surface area contributed by atoms with Crippen LogP contribution in [0.1, 0.15) is 10.4 Å². The lowest BCUT2D eigenvalue weighted by Gasteiger charge is -2.31. The summed E-state index contributed by atoms with van der Waals surface area (Å²) in [4.78, 5) is 37.3. The summed E-state index contributed by atoms with van der Waals surface area (Å²) >= 11 is 5.82. The van der Waals surface area contributed by atoms with Crippen molar-refractivity contribution >= 4 is 37.4 Å². The maximum Gasteiger partial charge on any atom is 0.317 e. The SMILES string of the molecule is COC(=O)C(C(=O)c1ccc(Cl)cc1)C(C(=O)OC)[Si](C)(C)C. The third kappa shape index (κ3) is 4.65. The summed E-state index contributed by atoms with van der Waals surface area (Å²) in [7, 11) is 0.202. The molecule has 0 aliphatic heterocycles. The largest absolute Gasteiger partial charge is 0.469 e. The Hall–Kier alpha value is -1.66. The molecule has 0 fully saturated rings.